The van der Waals surface area contributed by atoms with Crippen molar-refractivity contribution in [2.75, 3.05) is 58.5 Å². The number of nitrogens with one attached hydrogen (secondary N) is 2. The number of hydrogen-bond acceptors (Lipinski definition) is 5. The number of carboxylic acids is 1. The first kappa shape index (κ1) is 29.9. The number of carbonyl (C=O) groups is 4. The van der Waals surface area contributed by atoms with Gasteiger partial charge in [0.15, 0.2) is 0 Å². The maximum Gasteiger partial charge on any atom is 0.323 e. The molecule has 5 amide bonds. The Hall–Kier alpha value is -4.28. The summed E-state index contributed by atoms with van der Waals surface area (Å²) in [5.74, 6) is -1.38. The van der Waals surface area contributed by atoms with Crippen molar-refractivity contribution in [2.24, 2.45) is 5.92 Å². The molecule has 0 saturated carbocycles. The number of likely N-dealkylation sites (N-methyl/N-ethyl adjacent to an activating group) is 2. The van der Waals surface area contributed by atoms with Crippen molar-refractivity contribution in [1.82, 2.24) is 14.7 Å². The predicted octanol–water partition coefficient (Wildman–Crippen LogP) is 3.35. The van der Waals surface area contributed by atoms with Crippen molar-refractivity contribution in [3.05, 3.63) is 53.6 Å². The normalized spacial score (nSPS) is 11.2. The van der Waals surface area contributed by atoms with E-state index in [0.29, 0.717) is 29.2 Å². The van der Waals surface area contributed by atoms with Gasteiger partial charge in [0, 0.05) is 46.5 Å². The molecule has 2 aromatic carbocycles. The van der Waals surface area contributed by atoms with Crippen LogP contribution in [0.15, 0.2) is 42.5 Å². The summed E-state index contributed by atoms with van der Waals surface area (Å²) in [5, 5.41) is 14.6. The van der Waals surface area contributed by atoms with Gasteiger partial charge in [-0.15, -0.1) is 0 Å². The average molecular weight is 528 g/mol. The second kappa shape index (κ2) is 13.9. The van der Waals surface area contributed by atoms with Gasteiger partial charge in [0.05, 0.1) is 25.1 Å². The second-order valence-corrected chi connectivity index (χ2v) is 9.24. The van der Waals surface area contributed by atoms with Gasteiger partial charge in [-0.3, -0.25) is 9.59 Å². The van der Waals surface area contributed by atoms with Gasteiger partial charge in [-0.25, -0.2) is 9.59 Å². The minimum Gasteiger partial charge on any atom is -0.495 e. The number of carboxylic acid groups (broad SMARTS) is 1. The Morgan fingerprint density at radius 3 is 2.18 bits per heavy atom. The maximum atomic E-state index is 12.8. The van der Waals surface area contributed by atoms with Crippen LogP contribution in [-0.2, 0) is 16.0 Å². The van der Waals surface area contributed by atoms with E-state index in [2.05, 4.69) is 10.6 Å². The van der Waals surface area contributed by atoms with E-state index in [1.807, 2.05) is 31.2 Å². The van der Waals surface area contributed by atoms with Crippen LogP contribution in [0.3, 0.4) is 0 Å². The zero-order valence-corrected chi connectivity index (χ0v) is 22.8. The molecule has 0 aliphatic rings. The van der Waals surface area contributed by atoms with Crippen LogP contribution in [0.4, 0.5) is 21.0 Å². The third-order valence-electron chi connectivity index (χ3n) is 6.08. The van der Waals surface area contributed by atoms with Crippen LogP contribution in [0.2, 0.25) is 0 Å². The highest BCUT2D eigenvalue weighted by Gasteiger charge is 2.21. The number of urea groups is 2. The van der Waals surface area contributed by atoms with Gasteiger partial charge in [0.1, 0.15) is 5.75 Å². The lowest BCUT2D eigenvalue weighted by atomic mass is 10.1. The highest BCUT2D eigenvalue weighted by molar-refractivity contribution is 6.01. The van der Waals surface area contributed by atoms with Crippen molar-refractivity contribution in [3.63, 3.8) is 0 Å². The van der Waals surface area contributed by atoms with Crippen LogP contribution in [0.5, 0.6) is 5.75 Å². The molecule has 2 aromatic rings. The summed E-state index contributed by atoms with van der Waals surface area (Å²) in [4.78, 5) is 53.1. The van der Waals surface area contributed by atoms with Crippen LogP contribution in [0.1, 0.15) is 18.1 Å². The molecule has 0 saturated heterocycles. The molecule has 0 fully saturated rings. The predicted molar refractivity (Wildman–Crippen MR) is 146 cm³/mol. The molecule has 0 spiro atoms. The smallest absolute Gasteiger partial charge is 0.323 e. The molecule has 11 nitrogen and oxygen atoms in total. The monoisotopic (exact) mass is 527 g/mol. The largest absolute Gasteiger partial charge is 0.495 e. The first-order valence-electron chi connectivity index (χ1n) is 12.2. The van der Waals surface area contributed by atoms with E-state index in [4.69, 9.17) is 9.84 Å². The molecule has 1 atom stereocenters. The Morgan fingerprint density at radius 2 is 1.55 bits per heavy atom. The molecule has 0 bridgehead atoms. The average Bonchev–Trinajstić information content (AvgIpc) is 2.88. The van der Waals surface area contributed by atoms with Gasteiger partial charge < -0.3 is 35.2 Å². The fourth-order valence-electron chi connectivity index (χ4n) is 3.63. The lowest BCUT2D eigenvalue weighted by molar-refractivity contribution is -0.141. The standard InChI is InChI=1S/C27H37N5O6/c1-18-9-7-8-10-21(18)28-26(36)29-22-12-11-20(15-23(22)38-6)16-24(33)30(3)13-14-31(4)27(37)32(5)17-19(2)25(34)35/h7-12,15,19H,13-14,16-17H2,1-6H3,(H,34,35)(H2,28,29,36). The van der Waals surface area contributed by atoms with E-state index < -0.39 is 17.9 Å². The molecule has 0 aliphatic heterocycles. The number of nitrogens with zero attached hydrogens (tertiary/aromatic N) is 3. The number of benzene rings is 2. The summed E-state index contributed by atoms with van der Waals surface area (Å²) in [5.41, 5.74) is 2.80. The summed E-state index contributed by atoms with van der Waals surface area (Å²) >= 11 is 0. The highest BCUT2D eigenvalue weighted by Crippen LogP contribution is 2.26. The third-order valence-corrected chi connectivity index (χ3v) is 6.08. The number of methoxy groups -OCH3 is 1. The lowest BCUT2D eigenvalue weighted by Crippen LogP contribution is -2.44. The zero-order chi connectivity index (χ0) is 28.4. The van der Waals surface area contributed by atoms with Crippen molar-refractivity contribution < 1.29 is 29.0 Å². The SMILES string of the molecule is COc1cc(CC(=O)N(C)CCN(C)C(=O)N(C)CC(C)C(=O)O)ccc1NC(=O)Nc1ccccc1C. The number of ether oxygens (including phenoxy) is 1. The minimum absolute atomic E-state index is 0.0908. The molecule has 38 heavy (non-hydrogen) atoms. The molecule has 0 aliphatic carbocycles. The summed E-state index contributed by atoms with van der Waals surface area (Å²) in [6.07, 6.45) is 0.107. The van der Waals surface area contributed by atoms with E-state index in [-0.39, 0.29) is 31.4 Å². The number of anilines is 2. The summed E-state index contributed by atoms with van der Waals surface area (Å²) in [6, 6.07) is 11.8. The molecule has 206 valence electrons. The third kappa shape index (κ3) is 8.68. The fourth-order valence-corrected chi connectivity index (χ4v) is 3.63. The van der Waals surface area contributed by atoms with Gasteiger partial charge in [-0.05, 0) is 36.2 Å². The number of hydrogen-bond donors (Lipinski definition) is 3. The Bertz CT molecular complexity index is 1150. The van der Waals surface area contributed by atoms with E-state index in [0.717, 1.165) is 5.56 Å². The first-order chi connectivity index (χ1) is 17.9. The second-order valence-electron chi connectivity index (χ2n) is 9.24. The van der Waals surface area contributed by atoms with E-state index in [1.165, 1.54) is 28.7 Å². The number of carbonyl (C=O) groups excluding carboxylic acids is 3. The molecule has 0 radical (unpaired) electrons. The number of aryl methyl sites for hydroxylation is 1. The molecular formula is C27H37N5O6. The van der Waals surface area contributed by atoms with E-state index >= 15 is 0 Å². The number of aliphatic carboxylic acids is 1. The van der Waals surface area contributed by atoms with Crippen molar-refractivity contribution in [3.8, 4) is 5.75 Å². The zero-order valence-electron chi connectivity index (χ0n) is 22.8. The maximum absolute atomic E-state index is 12.8. The molecule has 0 heterocycles. The summed E-state index contributed by atoms with van der Waals surface area (Å²) in [6.45, 7) is 4.12. The minimum atomic E-state index is -0.969. The van der Waals surface area contributed by atoms with Gasteiger partial charge in [-0.1, -0.05) is 31.2 Å². The highest BCUT2D eigenvalue weighted by atomic mass is 16.5. The van der Waals surface area contributed by atoms with Crippen LogP contribution < -0.4 is 15.4 Å². The van der Waals surface area contributed by atoms with Crippen molar-refractivity contribution >= 4 is 35.3 Å². The van der Waals surface area contributed by atoms with Gasteiger partial charge >= 0.3 is 18.0 Å². The molecule has 1 unspecified atom stereocenters. The molecular weight excluding hydrogens is 490 g/mol. The van der Waals surface area contributed by atoms with E-state index in [9.17, 15) is 19.2 Å². The summed E-state index contributed by atoms with van der Waals surface area (Å²) in [7, 11) is 6.29. The molecule has 3 N–H and O–H groups in total. The first-order valence-corrected chi connectivity index (χ1v) is 12.2. The van der Waals surface area contributed by atoms with Gasteiger partial charge in [-0.2, -0.15) is 0 Å². The summed E-state index contributed by atoms with van der Waals surface area (Å²) < 4.78 is 5.42. The van der Waals surface area contributed by atoms with Crippen LogP contribution in [0.25, 0.3) is 0 Å². The molecule has 2 rings (SSSR count). The Morgan fingerprint density at radius 1 is 0.921 bits per heavy atom. The van der Waals surface area contributed by atoms with Crippen LogP contribution in [-0.4, -0.2) is 91.6 Å². The Labute approximate surface area is 223 Å². The Kier molecular flexibility index (Phi) is 10.9. The molecule has 11 heteroatoms. The topological polar surface area (TPSA) is 132 Å². The number of rotatable bonds is 11. The van der Waals surface area contributed by atoms with Crippen molar-refractivity contribution in [2.45, 2.75) is 20.3 Å². The lowest BCUT2D eigenvalue weighted by Gasteiger charge is -2.27. The van der Waals surface area contributed by atoms with Crippen LogP contribution >= 0.6 is 0 Å². The Balaban J connectivity index is 1.91. The number of amides is 5. The van der Waals surface area contributed by atoms with Crippen LogP contribution in [0, 0.1) is 12.8 Å². The molecule has 0 aromatic heterocycles. The quantitative estimate of drug-likeness (QED) is 0.411. The van der Waals surface area contributed by atoms with E-state index in [1.54, 1.807) is 39.3 Å². The van der Waals surface area contributed by atoms with Crippen molar-refractivity contribution in [1.29, 1.82) is 0 Å². The number of para-hydroxylation sites is 1. The fraction of sp³-hybridized carbons (Fsp3) is 0.407. The van der Waals surface area contributed by atoms with Gasteiger partial charge in [0.25, 0.3) is 0 Å². The van der Waals surface area contributed by atoms with Gasteiger partial charge in [0.2, 0.25) is 5.91 Å².